The van der Waals surface area contributed by atoms with Crippen molar-refractivity contribution in [3.63, 3.8) is 0 Å². The van der Waals surface area contributed by atoms with Crippen LogP contribution in [0.1, 0.15) is 302 Å². The molecule has 0 atom stereocenters. The van der Waals surface area contributed by atoms with Crippen LogP contribution in [0.15, 0.2) is 218 Å². The summed E-state index contributed by atoms with van der Waals surface area (Å²) in [4.78, 5) is 16.7. The molecule has 11 heteroatoms. The van der Waals surface area contributed by atoms with Crippen LogP contribution in [-0.4, -0.2) is 20.1 Å². The van der Waals surface area contributed by atoms with Gasteiger partial charge in [0.1, 0.15) is 0 Å². The number of hydrogen-bond donors (Lipinski definition) is 0. The second-order valence-electron chi connectivity index (χ2n) is 50.0. The highest BCUT2D eigenvalue weighted by Crippen LogP contribution is 2.58. The van der Waals surface area contributed by atoms with E-state index in [4.69, 9.17) is 0 Å². The molecule has 0 saturated heterocycles. The summed E-state index contributed by atoms with van der Waals surface area (Å²) in [7, 11) is 0. The molecule has 0 saturated carbocycles. The minimum absolute atomic E-state index is 0.0546. The maximum atomic E-state index is 2.85. The molecule has 0 N–H and O–H groups in total. The predicted octanol–water partition coefficient (Wildman–Crippen LogP) is 31.8. The first-order chi connectivity index (χ1) is 65.9. The number of nitrogens with zero attached hydrogens (tertiary/aromatic N) is 6. The van der Waals surface area contributed by atoms with Crippen LogP contribution in [0.5, 0.6) is 0 Å². The third-order valence-electron chi connectivity index (χ3n) is 34.6. The molecule has 0 aliphatic carbocycles. The van der Waals surface area contributed by atoms with E-state index in [9.17, 15) is 0 Å². The summed E-state index contributed by atoms with van der Waals surface area (Å²) in [5.41, 5.74) is 49.6. The topological polar surface area (TPSA) is 19.4 Å². The van der Waals surface area contributed by atoms with Crippen LogP contribution in [0.4, 0.5) is 102 Å². The zero-order valence-electron chi connectivity index (χ0n) is 90.1. The highest BCUT2D eigenvalue weighted by molar-refractivity contribution is 7.34. The molecule has 0 radical (unpaired) electrons. The predicted molar refractivity (Wildman–Crippen MR) is 619 cm³/mol. The van der Waals surface area contributed by atoms with Crippen LogP contribution in [-0.2, 0) is 48.7 Å². The van der Waals surface area contributed by atoms with E-state index in [0.717, 1.165) is 43.5 Å². The van der Waals surface area contributed by atoms with Crippen LogP contribution in [0.25, 0.3) is 20.2 Å². The standard InChI is InChI=1S/C129H145B3N6S2/c1-34-125(24,25)85-47-57-110-94(63-85)117-119(139-110)131-98-72-97-102(74-101(98)134(91-51-41-82(42-52-91)122(15,16)17)105-66-87(127(28,29)36-3)67-106(113(105)131)135(117)92-53-43-83(44-54-92)123(18,19)20)137(115-77(8)59-75(6)60-78(115)9)108-69-88(128(30,31)37-4)65-104-112(108)130(97)96-71-99-103(73-100(96)133(104)90-49-39-81(40-50-90)121(12,13)14)138(116-79(10)61-76(7)62-80(116)11)109-70-89(129(32,33)38-5)68-107-114(109)132(99)120-118(136(107)93-55-45-84(46-56-93)124(21,22)23)95-64-86(126(26,27)35-2)48-58-111(95)140-120/h39-74H,34-38H2,1-33H3. The zero-order chi connectivity index (χ0) is 99.7. The average Bonchev–Trinajstić information content (AvgIpc) is 1.10. The number of fused-ring (bicyclic) bond motifs is 16. The largest absolute Gasteiger partial charge is 0.311 e. The summed E-state index contributed by atoms with van der Waals surface area (Å²) in [5.74, 6) is 0. The van der Waals surface area contributed by atoms with E-state index < -0.39 is 0 Å². The third-order valence-corrected chi connectivity index (χ3v) is 37.1. The molecule has 21 rings (SSSR count). The summed E-state index contributed by atoms with van der Waals surface area (Å²) in [6.07, 6.45) is 4.89. The van der Waals surface area contributed by atoms with E-state index in [1.165, 1.54) is 242 Å². The number of rotatable bonds is 16. The van der Waals surface area contributed by atoms with Crippen LogP contribution in [0, 0.1) is 41.5 Å². The zero-order valence-corrected chi connectivity index (χ0v) is 91.7. The Kier molecular flexibility index (Phi) is 22.2. The Morgan fingerprint density at radius 1 is 0.214 bits per heavy atom. The molecule has 2 aromatic heterocycles. The number of hydrogen-bond acceptors (Lipinski definition) is 8. The fourth-order valence-corrected chi connectivity index (χ4v) is 26.6. The maximum Gasteiger partial charge on any atom is 0.264 e. The maximum absolute atomic E-state index is 2.85. The first-order valence-corrected chi connectivity index (χ1v) is 54.0. The number of aryl methyl sites for hydroxylation is 6. The van der Waals surface area contributed by atoms with Gasteiger partial charge in [-0.15, -0.1) is 22.7 Å². The minimum atomic E-state index is -0.325. The molecular weight excluding hydrogens is 1730 g/mol. The molecule has 0 bridgehead atoms. The van der Waals surface area contributed by atoms with Crippen LogP contribution in [0.2, 0.25) is 0 Å². The summed E-state index contributed by atoms with van der Waals surface area (Å²) in [5, 5.41) is 2.63. The van der Waals surface area contributed by atoms with Gasteiger partial charge in [-0.1, -0.05) is 295 Å². The average molecular weight is 1880 g/mol. The van der Waals surface area contributed by atoms with Gasteiger partial charge >= 0.3 is 0 Å². The van der Waals surface area contributed by atoms with Crippen molar-refractivity contribution in [3.05, 3.63) is 302 Å². The van der Waals surface area contributed by atoms with Gasteiger partial charge in [-0.3, -0.25) is 0 Å². The number of thiophene rings is 2. The molecule has 0 amide bonds. The third kappa shape index (κ3) is 14.8. The quantitative estimate of drug-likeness (QED) is 0.0892. The Labute approximate surface area is 847 Å². The Morgan fingerprint density at radius 2 is 0.443 bits per heavy atom. The van der Waals surface area contributed by atoms with Gasteiger partial charge < -0.3 is 29.4 Å². The molecule has 0 fully saturated rings. The van der Waals surface area contributed by atoms with E-state index in [1.54, 1.807) is 0 Å². The Hall–Kier alpha value is -11.2. The Bertz CT molecular complexity index is 7590. The van der Waals surface area contributed by atoms with Crippen LogP contribution >= 0.6 is 22.7 Å². The van der Waals surface area contributed by atoms with Gasteiger partial charge in [0, 0.05) is 109 Å². The molecule has 13 aromatic carbocycles. The molecule has 8 heterocycles. The van der Waals surface area contributed by atoms with Crippen molar-refractivity contribution < 1.29 is 0 Å². The van der Waals surface area contributed by atoms with Crippen molar-refractivity contribution in [2.24, 2.45) is 0 Å². The van der Waals surface area contributed by atoms with Crippen molar-refractivity contribution in [2.45, 2.75) is 309 Å². The first kappa shape index (κ1) is 95.0. The summed E-state index contributed by atoms with van der Waals surface area (Å²) < 4.78 is 5.38. The molecule has 6 nitrogen and oxygen atoms in total. The molecule has 6 aliphatic rings. The Morgan fingerprint density at radius 3 is 0.714 bits per heavy atom. The summed E-state index contributed by atoms with van der Waals surface area (Å²) in [6, 6.07) is 91.4. The van der Waals surface area contributed by atoms with Crippen molar-refractivity contribution in [1.82, 2.24) is 0 Å². The molecule has 6 aliphatic heterocycles. The van der Waals surface area contributed by atoms with Crippen LogP contribution < -0.4 is 77.2 Å². The van der Waals surface area contributed by atoms with E-state index in [0.29, 0.717) is 0 Å². The summed E-state index contributed by atoms with van der Waals surface area (Å²) in [6.45, 7) is 78.4. The second kappa shape index (κ2) is 32.7. The molecule has 15 aromatic rings. The molecular formula is C129H145B3N6S2. The lowest BCUT2D eigenvalue weighted by Gasteiger charge is -2.49. The van der Waals surface area contributed by atoms with E-state index in [1.807, 2.05) is 22.7 Å². The van der Waals surface area contributed by atoms with Gasteiger partial charge in [-0.25, -0.2) is 0 Å². The monoisotopic (exact) mass is 1880 g/mol. The van der Waals surface area contributed by atoms with E-state index >= 15 is 0 Å². The molecule has 712 valence electrons. The van der Waals surface area contributed by atoms with E-state index in [2.05, 4.69) is 476 Å². The normalized spacial score (nSPS) is 14.6. The first-order valence-electron chi connectivity index (χ1n) is 52.3. The van der Waals surface area contributed by atoms with Crippen LogP contribution in [0.3, 0.4) is 0 Å². The van der Waals surface area contributed by atoms with Gasteiger partial charge in [0.05, 0.1) is 22.7 Å². The number of anilines is 18. The summed E-state index contributed by atoms with van der Waals surface area (Å²) >= 11 is 4.07. The van der Waals surface area contributed by atoms with Crippen molar-refractivity contribution in [1.29, 1.82) is 0 Å². The lowest BCUT2D eigenvalue weighted by molar-refractivity contribution is 0.506. The van der Waals surface area contributed by atoms with Gasteiger partial charge in [0.15, 0.2) is 0 Å². The van der Waals surface area contributed by atoms with Crippen molar-refractivity contribution in [2.75, 3.05) is 29.4 Å². The van der Waals surface area contributed by atoms with Gasteiger partial charge in [-0.2, -0.15) is 0 Å². The van der Waals surface area contributed by atoms with Gasteiger partial charge in [0.25, 0.3) is 20.1 Å². The van der Waals surface area contributed by atoms with Gasteiger partial charge in [0.2, 0.25) is 0 Å². The number of benzene rings is 13. The molecule has 140 heavy (non-hydrogen) atoms. The molecule has 0 unspecified atom stereocenters. The van der Waals surface area contributed by atoms with Crippen molar-refractivity contribution >= 4 is 213 Å². The second-order valence-corrected chi connectivity index (χ2v) is 52.1. The molecule has 0 spiro atoms. The SMILES string of the molecule is CCC(C)(C)c1cc2c3c(c1)N(c1c(C)cc(C)cc1C)c1cc4c(cc1B3c1cc3c(cc1N2c1ccc(C(C)(C)C)cc1)N(c1c(C)cc(C)cc1C)c1cc(C(C)(C)CC)cc2c1B3c1sc3ccc(C(C)(C)CC)cc3c1N2c1ccc(C(C)(C)C)cc1)B1c2sc3ccc(C(C)(C)CC)cc3c2N(c2ccc(C(C)(C)C)cc2)c2cc(C(C)(C)CC)cc(c21)N4c1ccc(C(C)(C)C)cc1. The van der Waals surface area contributed by atoms with Gasteiger partial charge in [-0.05, 0) is 354 Å². The lowest BCUT2D eigenvalue weighted by Crippen LogP contribution is -2.66. The smallest absolute Gasteiger partial charge is 0.264 e. The van der Waals surface area contributed by atoms with Crippen molar-refractivity contribution in [3.8, 4) is 0 Å². The highest BCUT2D eigenvalue weighted by Gasteiger charge is 2.54. The Balaban J connectivity index is 0.959. The lowest BCUT2D eigenvalue weighted by atomic mass is 9.30. The fourth-order valence-electron chi connectivity index (χ4n) is 24.0. The minimum Gasteiger partial charge on any atom is -0.311 e. The fraction of sp³-hybridized carbons (Fsp3) is 0.364. The van der Waals surface area contributed by atoms with E-state index in [-0.39, 0.29) is 68.9 Å². The highest BCUT2D eigenvalue weighted by atomic mass is 32.1.